The highest BCUT2D eigenvalue weighted by atomic mass is 79.9. The molecule has 1 heterocycles. The van der Waals surface area contributed by atoms with Crippen molar-refractivity contribution in [3.63, 3.8) is 0 Å². The van der Waals surface area contributed by atoms with Crippen LogP contribution in [-0.4, -0.2) is 9.55 Å². The minimum atomic E-state index is 0.522. The SMILES string of the molecule is CCC1CCC(n2c(N)nc3cc(Br)ccc32)CC1. The lowest BCUT2D eigenvalue weighted by Gasteiger charge is -2.29. The van der Waals surface area contributed by atoms with Gasteiger partial charge in [0, 0.05) is 10.5 Å². The van der Waals surface area contributed by atoms with E-state index in [1.807, 2.05) is 6.07 Å². The van der Waals surface area contributed by atoms with Crippen LogP contribution < -0.4 is 5.73 Å². The summed E-state index contributed by atoms with van der Waals surface area (Å²) in [5.74, 6) is 1.56. The first-order valence-electron chi connectivity index (χ1n) is 7.12. The molecule has 0 unspecified atom stereocenters. The minimum Gasteiger partial charge on any atom is -0.369 e. The molecule has 19 heavy (non-hydrogen) atoms. The first-order chi connectivity index (χ1) is 9.19. The van der Waals surface area contributed by atoms with E-state index in [1.54, 1.807) is 0 Å². The van der Waals surface area contributed by atoms with Crippen molar-refractivity contribution < 1.29 is 0 Å². The normalized spacial score (nSPS) is 23.9. The van der Waals surface area contributed by atoms with Gasteiger partial charge >= 0.3 is 0 Å². The van der Waals surface area contributed by atoms with Crippen LogP contribution in [0.5, 0.6) is 0 Å². The summed E-state index contributed by atoms with van der Waals surface area (Å²) in [5.41, 5.74) is 8.30. The van der Waals surface area contributed by atoms with Crippen LogP contribution in [0.1, 0.15) is 45.1 Å². The summed E-state index contributed by atoms with van der Waals surface area (Å²) in [4.78, 5) is 4.50. The topological polar surface area (TPSA) is 43.8 Å². The van der Waals surface area contributed by atoms with Crippen LogP contribution in [-0.2, 0) is 0 Å². The maximum Gasteiger partial charge on any atom is 0.201 e. The number of rotatable bonds is 2. The van der Waals surface area contributed by atoms with E-state index in [4.69, 9.17) is 5.73 Å². The fourth-order valence-corrected chi connectivity index (χ4v) is 3.63. The Kier molecular flexibility index (Phi) is 3.52. The maximum absolute atomic E-state index is 6.14. The standard InChI is InChI=1S/C15H20BrN3/c1-2-10-3-6-12(7-4-10)19-14-8-5-11(16)9-13(14)18-15(19)17/h5,8-10,12H,2-4,6-7H2,1H3,(H2,17,18). The van der Waals surface area contributed by atoms with Crippen LogP contribution in [0.2, 0.25) is 0 Å². The minimum absolute atomic E-state index is 0.522. The first-order valence-corrected chi connectivity index (χ1v) is 7.91. The van der Waals surface area contributed by atoms with Crippen molar-refractivity contribution in [2.75, 3.05) is 5.73 Å². The third-order valence-electron chi connectivity index (χ3n) is 4.44. The van der Waals surface area contributed by atoms with Crippen molar-refractivity contribution in [1.29, 1.82) is 0 Å². The number of aromatic nitrogens is 2. The molecular formula is C15H20BrN3. The van der Waals surface area contributed by atoms with Gasteiger partial charge in [-0.15, -0.1) is 0 Å². The number of anilines is 1. The fraction of sp³-hybridized carbons (Fsp3) is 0.533. The highest BCUT2D eigenvalue weighted by Gasteiger charge is 2.24. The van der Waals surface area contributed by atoms with Crippen molar-refractivity contribution in [2.24, 2.45) is 5.92 Å². The predicted molar refractivity (Wildman–Crippen MR) is 83.1 cm³/mol. The molecule has 0 atom stereocenters. The lowest BCUT2D eigenvalue weighted by Crippen LogP contribution is -2.19. The molecule has 1 saturated carbocycles. The van der Waals surface area contributed by atoms with Crippen LogP contribution >= 0.6 is 15.9 Å². The zero-order valence-electron chi connectivity index (χ0n) is 11.3. The summed E-state index contributed by atoms with van der Waals surface area (Å²) in [5, 5.41) is 0. The van der Waals surface area contributed by atoms with Crippen molar-refractivity contribution in [1.82, 2.24) is 9.55 Å². The van der Waals surface area contributed by atoms with E-state index in [-0.39, 0.29) is 0 Å². The molecule has 102 valence electrons. The van der Waals surface area contributed by atoms with E-state index in [0.717, 1.165) is 15.9 Å². The Bertz CT molecular complexity index is 582. The number of nitrogens with two attached hydrogens (primary N) is 1. The monoisotopic (exact) mass is 321 g/mol. The number of imidazole rings is 1. The molecule has 0 amide bonds. The molecule has 1 aliphatic rings. The summed E-state index contributed by atoms with van der Waals surface area (Å²) in [6.45, 7) is 2.30. The summed E-state index contributed by atoms with van der Waals surface area (Å²) in [7, 11) is 0. The van der Waals surface area contributed by atoms with Crippen LogP contribution in [0, 0.1) is 5.92 Å². The largest absolute Gasteiger partial charge is 0.369 e. The molecule has 3 nitrogen and oxygen atoms in total. The second-order valence-electron chi connectivity index (χ2n) is 5.56. The number of benzene rings is 1. The number of nitrogen functional groups attached to an aromatic ring is 1. The number of nitrogens with zero attached hydrogens (tertiary/aromatic N) is 2. The summed E-state index contributed by atoms with van der Waals surface area (Å²) < 4.78 is 3.30. The molecule has 0 spiro atoms. The molecule has 0 radical (unpaired) electrons. The van der Waals surface area contributed by atoms with Crippen LogP contribution in [0.15, 0.2) is 22.7 Å². The van der Waals surface area contributed by atoms with Crippen molar-refractivity contribution in [3.8, 4) is 0 Å². The van der Waals surface area contributed by atoms with Gasteiger partial charge in [0.05, 0.1) is 11.0 Å². The molecule has 1 aromatic heterocycles. The van der Waals surface area contributed by atoms with E-state index in [2.05, 4.69) is 44.5 Å². The van der Waals surface area contributed by atoms with Gasteiger partial charge in [0.2, 0.25) is 5.95 Å². The van der Waals surface area contributed by atoms with Gasteiger partial charge in [-0.25, -0.2) is 4.98 Å². The van der Waals surface area contributed by atoms with Gasteiger partial charge in [-0.2, -0.15) is 0 Å². The van der Waals surface area contributed by atoms with E-state index >= 15 is 0 Å². The highest BCUT2D eigenvalue weighted by Crippen LogP contribution is 2.37. The molecular weight excluding hydrogens is 302 g/mol. The van der Waals surface area contributed by atoms with Gasteiger partial charge < -0.3 is 10.3 Å². The zero-order chi connectivity index (χ0) is 13.4. The Hall–Kier alpha value is -1.03. The molecule has 0 saturated heterocycles. The molecule has 2 N–H and O–H groups in total. The molecule has 0 aliphatic heterocycles. The van der Waals surface area contributed by atoms with Gasteiger partial charge in [0.25, 0.3) is 0 Å². The Labute approximate surface area is 122 Å². The fourth-order valence-electron chi connectivity index (χ4n) is 3.29. The van der Waals surface area contributed by atoms with Crippen molar-refractivity contribution >= 4 is 32.9 Å². The Morgan fingerprint density at radius 1 is 1.32 bits per heavy atom. The van der Waals surface area contributed by atoms with E-state index in [0.29, 0.717) is 12.0 Å². The van der Waals surface area contributed by atoms with Gasteiger partial charge in [-0.1, -0.05) is 29.3 Å². The Morgan fingerprint density at radius 3 is 2.74 bits per heavy atom. The average Bonchev–Trinajstić information content (AvgIpc) is 2.74. The van der Waals surface area contributed by atoms with Gasteiger partial charge in [-0.3, -0.25) is 0 Å². The molecule has 1 fully saturated rings. The highest BCUT2D eigenvalue weighted by molar-refractivity contribution is 9.10. The van der Waals surface area contributed by atoms with E-state index in [1.165, 1.54) is 37.6 Å². The quantitative estimate of drug-likeness (QED) is 0.883. The number of hydrogen-bond acceptors (Lipinski definition) is 2. The number of hydrogen-bond donors (Lipinski definition) is 1. The number of fused-ring (bicyclic) bond motifs is 1. The number of halogens is 1. The second kappa shape index (κ2) is 5.16. The predicted octanol–water partition coefficient (Wildman–Crippen LogP) is 4.52. The molecule has 4 heteroatoms. The van der Waals surface area contributed by atoms with Crippen LogP contribution in [0.25, 0.3) is 11.0 Å². The van der Waals surface area contributed by atoms with E-state index in [9.17, 15) is 0 Å². The second-order valence-corrected chi connectivity index (χ2v) is 6.47. The van der Waals surface area contributed by atoms with Gasteiger partial charge in [-0.05, 0) is 49.8 Å². The maximum atomic E-state index is 6.14. The molecule has 3 rings (SSSR count). The third kappa shape index (κ3) is 2.38. The molecule has 1 aliphatic carbocycles. The lowest BCUT2D eigenvalue weighted by atomic mass is 9.84. The van der Waals surface area contributed by atoms with Crippen molar-refractivity contribution in [3.05, 3.63) is 22.7 Å². The molecule has 1 aromatic carbocycles. The lowest BCUT2D eigenvalue weighted by molar-refractivity contribution is 0.275. The third-order valence-corrected chi connectivity index (χ3v) is 4.93. The summed E-state index contributed by atoms with van der Waals surface area (Å²) in [6, 6.07) is 6.75. The van der Waals surface area contributed by atoms with E-state index < -0.39 is 0 Å². The Balaban J connectivity index is 1.94. The molecule has 0 bridgehead atoms. The van der Waals surface area contributed by atoms with Crippen LogP contribution in [0.4, 0.5) is 5.95 Å². The van der Waals surface area contributed by atoms with Crippen molar-refractivity contribution in [2.45, 2.75) is 45.1 Å². The smallest absolute Gasteiger partial charge is 0.201 e. The van der Waals surface area contributed by atoms with Gasteiger partial charge in [0.15, 0.2) is 0 Å². The first kappa shape index (κ1) is 13.0. The zero-order valence-corrected chi connectivity index (χ0v) is 12.9. The summed E-state index contributed by atoms with van der Waals surface area (Å²) in [6.07, 6.45) is 6.39. The Morgan fingerprint density at radius 2 is 2.05 bits per heavy atom. The summed E-state index contributed by atoms with van der Waals surface area (Å²) >= 11 is 3.49. The van der Waals surface area contributed by atoms with Gasteiger partial charge in [0.1, 0.15) is 0 Å². The molecule has 2 aromatic rings. The average molecular weight is 322 g/mol. The van der Waals surface area contributed by atoms with Crippen LogP contribution in [0.3, 0.4) is 0 Å².